The van der Waals surface area contributed by atoms with E-state index < -0.39 is 10.0 Å². The van der Waals surface area contributed by atoms with E-state index in [2.05, 4.69) is 9.71 Å². The maximum absolute atomic E-state index is 12.3. The first-order valence-corrected chi connectivity index (χ1v) is 8.63. The first kappa shape index (κ1) is 15.7. The molecule has 3 N–H and O–H groups in total. The first-order valence-electron chi connectivity index (χ1n) is 6.26. The topological polar surface area (TPSA) is 94.3 Å². The molecule has 6 nitrogen and oxygen atoms in total. The number of anilines is 1. The highest BCUT2D eigenvalue weighted by Crippen LogP contribution is 2.25. The zero-order valence-electron chi connectivity index (χ0n) is 11.7. The fourth-order valence-corrected chi connectivity index (χ4v) is 3.59. The molecule has 0 fully saturated rings. The summed E-state index contributed by atoms with van der Waals surface area (Å²) in [4.78, 5) is 4.30. The van der Waals surface area contributed by atoms with Crippen LogP contribution in [-0.4, -0.2) is 27.1 Å². The largest absolute Gasteiger partial charge is 0.495 e. The molecule has 0 saturated heterocycles. The zero-order chi connectivity index (χ0) is 15.5. The van der Waals surface area contributed by atoms with Gasteiger partial charge in [0, 0.05) is 30.1 Å². The smallest absolute Gasteiger partial charge is 0.240 e. The maximum atomic E-state index is 12.3. The van der Waals surface area contributed by atoms with Crippen molar-refractivity contribution >= 4 is 27.0 Å². The summed E-state index contributed by atoms with van der Waals surface area (Å²) in [5, 5.41) is 2.76. The number of nitrogens with two attached hydrogens (primary N) is 1. The molecule has 2 aromatic rings. The summed E-state index contributed by atoms with van der Waals surface area (Å²) < 4.78 is 32.1. The molecule has 1 unspecified atom stereocenters. The van der Waals surface area contributed by atoms with Crippen LogP contribution in [0.4, 0.5) is 5.69 Å². The standard InChI is InChI=1S/C13H17N3O3S2/c1-9(13-15-5-6-20-13)8-16-21(17,18)10-3-4-11(14)12(7-10)19-2/h3-7,9,16H,8,14H2,1-2H3. The van der Waals surface area contributed by atoms with Crippen molar-refractivity contribution in [2.45, 2.75) is 17.7 Å². The van der Waals surface area contributed by atoms with Gasteiger partial charge in [0.25, 0.3) is 0 Å². The summed E-state index contributed by atoms with van der Waals surface area (Å²) in [7, 11) is -2.16. The van der Waals surface area contributed by atoms with Gasteiger partial charge in [-0.1, -0.05) is 6.92 Å². The Kier molecular flexibility index (Phi) is 4.81. The number of aromatic nitrogens is 1. The number of nitrogens with zero attached hydrogens (tertiary/aromatic N) is 1. The molecule has 1 aromatic heterocycles. The van der Waals surface area contributed by atoms with Crippen molar-refractivity contribution in [3.8, 4) is 5.75 Å². The lowest BCUT2D eigenvalue weighted by atomic mass is 10.2. The van der Waals surface area contributed by atoms with Crippen molar-refractivity contribution in [1.29, 1.82) is 0 Å². The van der Waals surface area contributed by atoms with Gasteiger partial charge in [0.2, 0.25) is 10.0 Å². The number of thiazole rings is 1. The quantitative estimate of drug-likeness (QED) is 0.789. The number of hydrogen-bond acceptors (Lipinski definition) is 6. The Morgan fingerprint density at radius 1 is 1.48 bits per heavy atom. The highest BCUT2D eigenvalue weighted by atomic mass is 32.2. The van der Waals surface area contributed by atoms with Crippen LogP contribution in [0.1, 0.15) is 17.8 Å². The lowest BCUT2D eigenvalue weighted by molar-refractivity contribution is 0.415. The summed E-state index contributed by atoms with van der Waals surface area (Å²) in [6.45, 7) is 2.20. The molecular weight excluding hydrogens is 310 g/mol. The molecule has 0 saturated carbocycles. The van der Waals surface area contributed by atoms with Gasteiger partial charge < -0.3 is 10.5 Å². The first-order chi connectivity index (χ1) is 9.94. The van der Waals surface area contributed by atoms with Gasteiger partial charge in [0.05, 0.1) is 22.7 Å². The minimum Gasteiger partial charge on any atom is -0.495 e. The van der Waals surface area contributed by atoms with Crippen LogP contribution >= 0.6 is 11.3 Å². The number of ether oxygens (including phenoxy) is 1. The number of sulfonamides is 1. The zero-order valence-corrected chi connectivity index (χ0v) is 13.4. The number of rotatable bonds is 6. The van der Waals surface area contributed by atoms with Crippen LogP contribution in [0.2, 0.25) is 0 Å². The third-order valence-corrected chi connectivity index (χ3v) is 5.40. The van der Waals surface area contributed by atoms with Gasteiger partial charge in [-0.05, 0) is 12.1 Å². The predicted molar refractivity (Wildman–Crippen MR) is 83.1 cm³/mol. The van der Waals surface area contributed by atoms with Crippen LogP contribution in [0.5, 0.6) is 5.75 Å². The second-order valence-corrected chi connectivity index (χ2v) is 7.22. The Morgan fingerprint density at radius 2 is 2.24 bits per heavy atom. The Morgan fingerprint density at radius 3 is 2.86 bits per heavy atom. The maximum Gasteiger partial charge on any atom is 0.240 e. The van der Waals surface area contributed by atoms with Crippen molar-refractivity contribution in [1.82, 2.24) is 9.71 Å². The minimum atomic E-state index is -3.60. The van der Waals surface area contributed by atoms with Gasteiger partial charge in [0.1, 0.15) is 5.75 Å². The average Bonchev–Trinajstić information content (AvgIpc) is 2.99. The molecule has 0 aliphatic carbocycles. The summed E-state index contributed by atoms with van der Waals surface area (Å²) in [6.07, 6.45) is 1.70. The molecule has 1 atom stereocenters. The number of nitrogen functional groups attached to an aromatic ring is 1. The van der Waals surface area contributed by atoms with Crippen LogP contribution in [0, 0.1) is 0 Å². The third-order valence-electron chi connectivity index (χ3n) is 2.97. The van der Waals surface area contributed by atoms with E-state index in [1.54, 1.807) is 6.20 Å². The molecule has 21 heavy (non-hydrogen) atoms. The fraction of sp³-hybridized carbons (Fsp3) is 0.308. The predicted octanol–water partition coefficient (Wildman–Crippen LogP) is 1.82. The van der Waals surface area contributed by atoms with Crippen LogP contribution in [0.25, 0.3) is 0 Å². The van der Waals surface area contributed by atoms with Crippen molar-refractivity contribution < 1.29 is 13.2 Å². The lowest BCUT2D eigenvalue weighted by Crippen LogP contribution is -2.27. The molecule has 114 valence electrons. The second kappa shape index (κ2) is 6.42. The number of hydrogen-bond donors (Lipinski definition) is 2. The van der Waals surface area contributed by atoms with Crippen molar-refractivity contribution in [3.05, 3.63) is 34.8 Å². The SMILES string of the molecule is COc1cc(S(=O)(=O)NCC(C)c2nccs2)ccc1N. The number of benzene rings is 1. The van der Waals surface area contributed by atoms with Crippen LogP contribution < -0.4 is 15.2 Å². The van der Waals surface area contributed by atoms with Gasteiger partial charge in [-0.3, -0.25) is 0 Å². The monoisotopic (exact) mass is 327 g/mol. The molecule has 1 aromatic carbocycles. The van der Waals surface area contributed by atoms with E-state index in [1.165, 1.54) is 36.6 Å². The van der Waals surface area contributed by atoms with Gasteiger partial charge in [-0.2, -0.15) is 0 Å². The van der Waals surface area contributed by atoms with Gasteiger partial charge in [-0.15, -0.1) is 11.3 Å². The summed E-state index contributed by atoms with van der Waals surface area (Å²) in [6, 6.07) is 4.37. The van der Waals surface area contributed by atoms with Crippen LogP contribution in [0.15, 0.2) is 34.7 Å². The Balaban J connectivity index is 2.11. The fourth-order valence-electron chi connectivity index (χ4n) is 1.74. The normalized spacial score (nSPS) is 13.0. The third kappa shape index (κ3) is 3.72. The highest BCUT2D eigenvalue weighted by molar-refractivity contribution is 7.89. The molecule has 1 heterocycles. The Hall–Kier alpha value is -1.64. The van der Waals surface area contributed by atoms with Gasteiger partial charge in [0.15, 0.2) is 0 Å². The summed E-state index contributed by atoms with van der Waals surface area (Å²) in [5.74, 6) is 0.348. The highest BCUT2D eigenvalue weighted by Gasteiger charge is 2.18. The van der Waals surface area contributed by atoms with E-state index in [9.17, 15) is 8.42 Å². The van der Waals surface area contributed by atoms with E-state index >= 15 is 0 Å². The molecule has 0 radical (unpaired) electrons. The summed E-state index contributed by atoms with van der Waals surface area (Å²) in [5.41, 5.74) is 6.08. The van der Waals surface area contributed by atoms with E-state index in [1.807, 2.05) is 12.3 Å². The molecule has 0 aliphatic heterocycles. The van der Waals surface area contributed by atoms with Gasteiger partial charge >= 0.3 is 0 Å². The van der Waals surface area contributed by atoms with E-state index in [0.29, 0.717) is 11.4 Å². The number of nitrogens with one attached hydrogen (secondary N) is 1. The molecule has 0 spiro atoms. The number of methoxy groups -OCH3 is 1. The lowest BCUT2D eigenvalue weighted by Gasteiger charge is -2.12. The van der Waals surface area contributed by atoms with E-state index in [0.717, 1.165) is 5.01 Å². The van der Waals surface area contributed by atoms with Crippen molar-refractivity contribution in [3.63, 3.8) is 0 Å². The molecule has 8 heteroatoms. The second-order valence-electron chi connectivity index (χ2n) is 4.53. The van der Waals surface area contributed by atoms with Crippen LogP contribution in [0.3, 0.4) is 0 Å². The Labute approximate surface area is 128 Å². The summed E-state index contributed by atoms with van der Waals surface area (Å²) >= 11 is 1.50. The van der Waals surface area contributed by atoms with E-state index in [4.69, 9.17) is 10.5 Å². The molecule has 2 rings (SSSR count). The van der Waals surface area contributed by atoms with Crippen LogP contribution in [-0.2, 0) is 10.0 Å². The molecule has 0 amide bonds. The molecular formula is C13H17N3O3S2. The van der Waals surface area contributed by atoms with Crippen molar-refractivity contribution in [2.75, 3.05) is 19.4 Å². The molecule has 0 bridgehead atoms. The van der Waals surface area contributed by atoms with E-state index in [-0.39, 0.29) is 17.4 Å². The van der Waals surface area contributed by atoms with Gasteiger partial charge in [-0.25, -0.2) is 18.1 Å². The average molecular weight is 327 g/mol. The Bertz CT molecular complexity index is 699. The minimum absolute atomic E-state index is 0.00968. The molecule has 0 aliphatic rings. The van der Waals surface area contributed by atoms with Crippen molar-refractivity contribution in [2.24, 2.45) is 0 Å².